The summed E-state index contributed by atoms with van der Waals surface area (Å²) in [6.07, 6.45) is 10.6. The van der Waals surface area contributed by atoms with E-state index in [4.69, 9.17) is 22.3 Å². The first-order valence-corrected chi connectivity index (χ1v) is 14.9. The van der Waals surface area contributed by atoms with Crippen molar-refractivity contribution >= 4 is 52.0 Å². The normalized spacial score (nSPS) is 20.4. The summed E-state index contributed by atoms with van der Waals surface area (Å²) in [5.74, 6) is 1.21. The van der Waals surface area contributed by atoms with Crippen LogP contribution in [-0.4, -0.2) is 49.2 Å². The molecule has 1 fully saturated rings. The molecule has 1 atom stereocenters. The fourth-order valence-electron chi connectivity index (χ4n) is 5.70. The lowest BCUT2D eigenvalue weighted by Crippen LogP contribution is -2.50. The number of hydrogen-bond acceptors (Lipinski definition) is 9. The van der Waals surface area contributed by atoms with Gasteiger partial charge >= 0.3 is 0 Å². The maximum Gasteiger partial charge on any atom is 0.262 e. The Kier molecular flexibility index (Phi) is 6.42. The van der Waals surface area contributed by atoms with Crippen molar-refractivity contribution in [2.45, 2.75) is 55.6 Å². The van der Waals surface area contributed by atoms with E-state index in [9.17, 15) is 4.79 Å². The molecule has 0 bridgehead atoms. The molecule has 1 aliphatic carbocycles. The number of nitrogens with zero attached hydrogens (tertiary/aromatic N) is 6. The lowest BCUT2D eigenvalue weighted by molar-refractivity contribution is 0.183. The number of hydrogen-bond donors (Lipinski definition) is 1. The summed E-state index contributed by atoms with van der Waals surface area (Å²) >= 11 is 9.88. The van der Waals surface area contributed by atoms with Gasteiger partial charge in [0.25, 0.3) is 5.56 Å². The first kappa shape index (κ1) is 25.0. The van der Waals surface area contributed by atoms with Crippen molar-refractivity contribution in [3.8, 4) is 0 Å². The summed E-state index contributed by atoms with van der Waals surface area (Å²) in [7, 11) is 0. The summed E-state index contributed by atoms with van der Waals surface area (Å²) in [5, 5.41) is 1.58. The van der Waals surface area contributed by atoms with Gasteiger partial charge in [-0.2, -0.15) is 0 Å². The van der Waals surface area contributed by atoms with Gasteiger partial charge in [0.2, 0.25) is 0 Å². The fraction of sp³-hybridized carbons (Fsp3) is 0.462. The van der Waals surface area contributed by atoms with Gasteiger partial charge in [-0.05, 0) is 49.3 Å². The Labute approximate surface area is 229 Å². The van der Waals surface area contributed by atoms with Crippen molar-refractivity contribution in [3.05, 3.63) is 57.6 Å². The summed E-state index contributed by atoms with van der Waals surface area (Å²) in [6.45, 7) is 6.60. The van der Waals surface area contributed by atoms with Crippen molar-refractivity contribution in [3.63, 3.8) is 0 Å². The standard InChI is InChI=1S/C26H30ClN7OS2/c1-15(2)13-33-14-31-16-4-5-18(22(27)21(16)25(33)35)37-20-12-29-19(11-30-20)32-8-6-26(7-9-32)10-17-23(24(26)28)34(17)36-3/h4-5,11-12,14-15,24H,6-10,13,28H2,1-3H3. The molecule has 6 rings (SSSR count). The second kappa shape index (κ2) is 9.48. The van der Waals surface area contributed by atoms with Gasteiger partial charge in [-0.3, -0.25) is 13.7 Å². The second-order valence-corrected chi connectivity index (χ2v) is 12.7. The minimum atomic E-state index is -0.118. The third-order valence-electron chi connectivity index (χ3n) is 7.74. The van der Waals surface area contributed by atoms with Crippen molar-refractivity contribution in [1.29, 1.82) is 0 Å². The highest BCUT2D eigenvalue weighted by molar-refractivity contribution is 7.99. The van der Waals surface area contributed by atoms with Crippen molar-refractivity contribution in [1.82, 2.24) is 23.8 Å². The number of benzene rings is 1. The van der Waals surface area contributed by atoms with Crippen LogP contribution in [0.5, 0.6) is 0 Å². The number of anilines is 1. The van der Waals surface area contributed by atoms with Crippen molar-refractivity contribution in [2.75, 3.05) is 24.2 Å². The number of nitrogens with two attached hydrogens (primary N) is 1. The average molecular weight is 556 g/mol. The van der Waals surface area contributed by atoms with E-state index >= 15 is 0 Å². The highest BCUT2D eigenvalue weighted by Crippen LogP contribution is 2.60. The summed E-state index contributed by atoms with van der Waals surface area (Å²) in [5.41, 5.74) is 10.2. The van der Waals surface area contributed by atoms with Gasteiger partial charge in [0.1, 0.15) is 10.8 Å². The molecule has 2 N–H and O–H groups in total. The van der Waals surface area contributed by atoms with Gasteiger partial charge < -0.3 is 10.6 Å². The van der Waals surface area contributed by atoms with Gasteiger partial charge in [0, 0.05) is 36.2 Å². The Morgan fingerprint density at radius 1 is 1.19 bits per heavy atom. The van der Waals surface area contributed by atoms with Crippen LogP contribution in [0.3, 0.4) is 0 Å². The summed E-state index contributed by atoms with van der Waals surface area (Å²) < 4.78 is 3.92. The van der Waals surface area contributed by atoms with Crippen LogP contribution in [0.1, 0.15) is 33.1 Å². The zero-order chi connectivity index (χ0) is 25.9. The minimum absolute atomic E-state index is 0.118. The molecular formula is C26H30ClN7OS2. The smallest absolute Gasteiger partial charge is 0.262 e. The van der Waals surface area contributed by atoms with Gasteiger partial charge in [0.05, 0.1) is 52.1 Å². The number of aromatic nitrogens is 4. The zero-order valence-corrected chi connectivity index (χ0v) is 23.5. The van der Waals surface area contributed by atoms with Crippen LogP contribution in [-0.2, 0) is 6.54 Å². The largest absolute Gasteiger partial charge is 0.355 e. The molecule has 194 valence electrons. The van der Waals surface area contributed by atoms with Gasteiger partial charge in [-0.15, -0.1) is 0 Å². The summed E-state index contributed by atoms with van der Waals surface area (Å²) in [6, 6.07) is 3.87. The molecule has 1 spiro atoms. The van der Waals surface area contributed by atoms with Crippen LogP contribution in [0.4, 0.5) is 5.82 Å². The first-order valence-electron chi connectivity index (χ1n) is 12.6. The molecule has 1 aromatic carbocycles. The predicted molar refractivity (Wildman–Crippen MR) is 151 cm³/mol. The van der Waals surface area contributed by atoms with E-state index in [0.29, 0.717) is 28.4 Å². The Bertz CT molecular complexity index is 1450. The maximum atomic E-state index is 13.1. The Morgan fingerprint density at radius 2 is 1.97 bits per heavy atom. The molecule has 8 nitrogen and oxygen atoms in total. The summed E-state index contributed by atoms with van der Waals surface area (Å²) in [4.78, 5) is 29.9. The molecule has 4 heterocycles. The minimum Gasteiger partial charge on any atom is -0.355 e. The Morgan fingerprint density at radius 3 is 2.59 bits per heavy atom. The predicted octanol–water partition coefficient (Wildman–Crippen LogP) is 4.77. The number of halogens is 1. The van der Waals surface area contributed by atoms with Crippen LogP contribution in [0.25, 0.3) is 10.9 Å². The third-order valence-corrected chi connectivity index (χ3v) is 10.0. The van der Waals surface area contributed by atoms with Crippen LogP contribution >= 0.6 is 35.3 Å². The number of allylic oxidation sites excluding steroid dienone is 1. The number of piperidine rings is 2. The SMILES string of the molecule is CSN1C2=C1C(N)C1(CCN(c3cnc(Sc4ccc5ncn(CC(C)C)c(=O)c5c4Cl)cn3)CC1)C2. The van der Waals surface area contributed by atoms with Gasteiger partial charge in [-0.1, -0.05) is 37.2 Å². The lowest BCUT2D eigenvalue weighted by atomic mass is 9.72. The maximum absolute atomic E-state index is 13.1. The third kappa shape index (κ3) is 4.31. The molecule has 2 aliphatic heterocycles. The molecule has 0 radical (unpaired) electrons. The topological polar surface area (TPSA) is 92.9 Å². The van der Waals surface area contributed by atoms with E-state index in [0.717, 1.165) is 48.1 Å². The molecule has 2 aromatic heterocycles. The molecule has 0 saturated carbocycles. The molecule has 0 amide bonds. The molecule has 37 heavy (non-hydrogen) atoms. The second-order valence-electron chi connectivity index (χ2n) is 10.5. The van der Waals surface area contributed by atoms with Crippen LogP contribution in [0, 0.1) is 11.3 Å². The van der Waals surface area contributed by atoms with Crippen LogP contribution < -0.4 is 16.2 Å². The average Bonchev–Trinajstić information content (AvgIpc) is 3.51. The van der Waals surface area contributed by atoms with Crippen molar-refractivity contribution < 1.29 is 0 Å². The molecule has 3 aromatic rings. The Balaban J connectivity index is 1.14. The van der Waals surface area contributed by atoms with E-state index in [2.05, 4.69) is 39.3 Å². The highest BCUT2D eigenvalue weighted by atomic mass is 35.5. The van der Waals surface area contributed by atoms with Gasteiger partial charge in [0.15, 0.2) is 0 Å². The fourth-order valence-corrected chi connectivity index (χ4v) is 7.58. The van der Waals surface area contributed by atoms with E-state index < -0.39 is 0 Å². The highest BCUT2D eigenvalue weighted by Gasteiger charge is 2.57. The lowest BCUT2D eigenvalue weighted by Gasteiger charge is -2.44. The van der Waals surface area contributed by atoms with Crippen LogP contribution in [0.15, 0.2) is 57.0 Å². The molecular weight excluding hydrogens is 526 g/mol. The van der Waals surface area contributed by atoms with E-state index in [-0.39, 0.29) is 17.0 Å². The number of fused-ring (bicyclic) bond motifs is 1. The Hall–Kier alpha value is -2.27. The number of rotatable bonds is 6. The quantitative estimate of drug-likeness (QED) is 0.432. The van der Waals surface area contributed by atoms with E-state index in [1.807, 2.05) is 18.3 Å². The molecule has 11 heteroatoms. The van der Waals surface area contributed by atoms with Crippen molar-refractivity contribution in [2.24, 2.45) is 17.1 Å². The first-order chi connectivity index (χ1) is 17.8. The van der Waals surface area contributed by atoms with E-state index in [1.165, 1.54) is 23.2 Å². The van der Waals surface area contributed by atoms with E-state index in [1.54, 1.807) is 29.0 Å². The monoisotopic (exact) mass is 555 g/mol. The molecule has 1 unspecified atom stereocenters. The molecule has 1 saturated heterocycles. The van der Waals surface area contributed by atoms with Crippen LogP contribution in [0.2, 0.25) is 5.02 Å². The zero-order valence-electron chi connectivity index (χ0n) is 21.1. The van der Waals surface area contributed by atoms with Gasteiger partial charge in [-0.25, -0.2) is 15.0 Å². The molecule has 3 aliphatic rings.